The number of oxazole rings is 1. The number of hydrogen-bond donors (Lipinski definition) is 2. The van der Waals surface area contributed by atoms with E-state index >= 15 is 0 Å². The minimum absolute atomic E-state index is 0.00149. The number of hydrogen-bond acceptors (Lipinski definition) is 8. The number of amides is 1. The lowest BCUT2D eigenvalue weighted by Gasteiger charge is -2.11. The number of thioether (sulfide) groups is 1. The zero-order valence-electron chi connectivity index (χ0n) is 17.8. The van der Waals surface area contributed by atoms with Crippen LogP contribution < -0.4 is 14.8 Å². The molecule has 11 heteroatoms. The number of benzene rings is 3. The molecule has 2 N–H and O–H groups in total. The van der Waals surface area contributed by atoms with E-state index in [1.54, 1.807) is 48.5 Å². The van der Waals surface area contributed by atoms with Gasteiger partial charge in [0, 0.05) is 0 Å². The minimum Gasteiger partial charge on any atom is -0.495 e. The molecule has 0 saturated carbocycles. The van der Waals surface area contributed by atoms with E-state index in [0.29, 0.717) is 33.8 Å². The van der Waals surface area contributed by atoms with Gasteiger partial charge in [-0.2, -0.15) is 5.26 Å². The van der Waals surface area contributed by atoms with E-state index in [9.17, 15) is 13.2 Å². The number of sulfonamides is 1. The normalized spacial score (nSPS) is 11.1. The summed E-state index contributed by atoms with van der Waals surface area (Å²) < 4.78 is 39.0. The number of carbonyl (C=O) groups excluding carboxylic acids is 1. The van der Waals surface area contributed by atoms with Gasteiger partial charge in [-0.05, 0) is 42.5 Å². The standard InChI is InChI=1S/C23H18N4O5S2/c1-31-20-9-5-4-8-18(20)27-34(29,30)16-10-11-21-19(12-16)26-23(32-21)33-14-22(28)25-17-7-3-2-6-15(17)13-24/h2-12,27H,14H2,1H3,(H,25,28). The molecule has 0 fully saturated rings. The number of aromatic nitrogens is 1. The van der Waals surface area contributed by atoms with Crippen LogP contribution in [-0.4, -0.2) is 32.2 Å². The van der Waals surface area contributed by atoms with Crippen molar-refractivity contribution < 1.29 is 22.4 Å². The molecule has 0 unspecified atom stereocenters. The van der Waals surface area contributed by atoms with E-state index < -0.39 is 10.0 Å². The zero-order chi connectivity index (χ0) is 24.1. The Balaban J connectivity index is 1.46. The fourth-order valence-corrected chi connectivity index (χ4v) is 4.78. The average Bonchev–Trinajstić information content (AvgIpc) is 3.25. The number of nitrogens with zero attached hydrogens (tertiary/aromatic N) is 2. The van der Waals surface area contributed by atoms with Gasteiger partial charge in [0.05, 0.1) is 34.7 Å². The number of ether oxygens (including phenoxy) is 1. The summed E-state index contributed by atoms with van der Waals surface area (Å²) in [6.07, 6.45) is 0. The monoisotopic (exact) mass is 494 g/mol. The van der Waals surface area contributed by atoms with Gasteiger partial charge in [-0.25, -0.2) is 13.4 Å². The Labute approximate surface area is 199 Å². The first-order valence-electron chi connectivity index (χ1n) is 9.88. The minimum atomic E-state index is -3.90. The van der Waals surface area contributed by atoms with Crippen molar-refractivity contribution in [2.24, 2.45) is 0 Å². The third kappa shape index (κ3) is 5.14. The predicted molar refractivity (Wildman–Crippen MR) is 128 cm³/mol. The number of rotatable bonds is 8. The maximum absolute atomic E-state index is 12.9. The number of anilines is 2. The fourth-order valence-electron chi connectivity index (χ4n) is 3.05. The van der Waals surface area contributed by atoms with Crippen LogP contribution in [-0.2, 0) is 14.8 Å². The summed E-state index contributed by atoms with van der Waals surface area (Å²) in [5, 5.41) is 12.0. The summed E-state index contributed by atoms with van der Waals surface area (Å²) in [4.78, 5) is 16.6. The lowest BCUT2D eigenvalue weighted by atomic mass is 10.2. The number of nitrogens with one attached hydrogen (secondary N) is 2. The first kappa shape index (κ1) is 23.2. The van der Waals surface area contributed by atoms with E-state index in [4.69, 9.17) is 14.4 Å². The van der Waals surface area contributed by atoms with E-state index in [2.05, 4.69) is 15.0 Å². The second kappa shape index (κ2) is 9.86. The third-order valence-corrected chi connectivity index (χ3v) is 6.84. The molecule has 1 heterocycles. The molecule has 0 bridgehead atoms. The maximum Gasteiger partial charge on any atom is 0.262 e. The highest BCUT2D eigenvalue weighted by atomic mass is 32.2. The van der Waals surface area contributed by atoms with Gasteiger partial charge < -0.3 is 14.5 Å². The molecule has 1 amide bonds. The number of nitriles is 1. The van der Waals surface area contributed by atoms with Crippen molar-refractivity contribution >= 4 is 50.2 Å². The molecule has 0 aliphatic rings. The highest BCUT2D eigenvalue weighted by Crippen LogP contribution is 2.29. The molecular weight excluding hydrogens is 476 g/mol. The summed E-state index contributed by atoms with van der Waals surface area (Å²) in [6.45, 7) is 0. The summed E-state index contributed by atoms with van der Waals surface area (Å²) in [6, 6.07) is 19.7. The van der Waals surface area contributed by atoms with Crippen molar-refractivity contribution in [1.29, 1.82) is 5.26 Å². The van der Waals surface area contributed by atoms with Crippen LogP contribution in [0.2, 0.25) is 0 Å². The molecule has 172 valence electrons. The predicted octanol–water partition coefficient (Wildman–Crippen LogP) is 4.24. The topological polar surface area (TPSA) is 134 Å². The molecule has 34 heavy (non-hydrogen) atoms. The molecule has 0 saturated heterocycles. The van der Waals surface area contributed by atoms with E-state index in [1.807, 2.05) is 6.07 Å². The Morgan fingerprint density at radius 3 is 2.62 bits per heavy atom. The Kier molecular flexibility index (Phi) is 6.72. The van der Waals surface area contributed by atoms with Crippen molar-refractivity contribution in [3.8, 4) is 11.8 Å². The van der Waals surface area contributed by atoms with Crippen LogP contribution in [0.15, 0.2) is 81.3 Å². The van der Waals surface area contributed by atoms with Crippen molar-refractivity contribution in [1.82, 2.24) is 4.98 Å². The molecule has 0 aliphatic carbocycles. The highest BCUT2D eigenvalue weighted by molar-refractivity contribution is 7.99. The second-order valence-corrected chi connectivity index (χ2v) is 9.52. The number of para-hydroxylation sites is 3. The van der Waals surface area contributed by atoms with Gasteiger partial charge in [-0.1, -0.05) is 36.0 Å². The molecule has 3 aromatic carbocycles. The first-order chi connectivity index (χ1) is 16.4. The van der Waals surface area contributed by atoms with Gasteiger partial charge in [-0.3, -0.25) is 9.52 Å². The third-order valence-electron chi connectivity index (χ3n) is 4.65. The van der Waals surface area contributed by atoms with Crippen molar-refractivity contribution in [3.63, 3.8) is 0 Å². The first-order valence-corrected chi connectivity index (χ1v) is 12.3. The second-order valence-electron chi connectivity index (χ2n) is 6.91. The number of carbonyl (C=O) groups is 1. The molecule has 1 aromatic heterocycles. The molecule has 9 nitrogen and oxygen atoms in total. The van der Waals surface area contributed by atoms with Crippen LogP contribution >= 0.6 is 11.8 Å². The van der Waals surface area contributed by atoms with Gasteiger partial charge in [0.15, 0.2) is 5.58 Å². The molecule has 4 aromatic rings. The largest absolute Gasteiger partial charge is 0.495 e. The van der Waals surface area contributed by atoms with Gasteiger partial charge >= 0.3 is 0 Å². The summed E-state index contributed by atoms with van der Waals surface area (Å²) in [5.41, 5.74) is 1.81. The summed E-state index contributed by atoms with van der Waals surface area (Å²) in [7, 11) is -2.45. The summed E-state index contributed by atoms with van der Waals surface area (Å²) >= 11 is 1.05. The number of fused-ring (bicyclic) bond motifs is 1. The maximum atomic E-state index is 12.9. The Hall–Kier alpha value is -4.01. The molecule has 0 radical (unpaired) electrons. The van der Waals surface area contributed by atoms with Crippen molar-refractivity contribution in [3.05, 3.63) is 72.3 Å². The van der Waals surface area contributed by atoms with E-state index in [0.717, 1.165) is 11.8 Å². The molecule has 0 spiro atoms. The molecule has 0 aliphatic heterocycles. The van der Waals surface area contributed by atoms with Crippen LogP contribution in [0.1, 0.15) is 5.56 Å². The smallest absolute Gasteiger partial charge is 0.262 e. The van der Waals surface area contributed by atoms with Crippen LogP contribution in [0.3, 0.4) is 0 Å². The molecule has 0 atom stereocenters. The lowest BCUT2D eigenvalue weighted by Crippen LogP contribution is -2.14. The molecule has 4 rings (SSSR count). The lowest BCUT2D eigenvalue weighted by molar-refractivity contribution is -0.113. The Morgan fingerprint density at radius 2 is 1.85 bits per heavy atom. The van der Waals surface area contributed by atoms with Crippen molar-refractivity contribution in [2.75, 3.05) is 22.9 Å². The van der Waals surface area contributed by atoms with Gasteiger partial charge in [0.1, 0.15) is 17.3 Å². The van der Waals surface area contributed by atoms with Gasteiger partial charge in [-0.15, -0.1) is 0 Å². The van der Waals surface area contributed by atoms with Crippen molar-refractivity contribution in [2.45, 2.75) is 10.1 Å². The highest BCUT2D eigenvalue weighted by Gasteiger charge is 2.19. The Morgan fingerprint density at radius 1 is 1.12 bits per heavy atom. The van der Waals surface area contributed by atoms with E-state index in [1.165, 1.54) is 25.3 Å². The van der Waals surface area contributed by atoms with Crippen LogP contribution in [0.25, 0.3) is 11.1 Å². The van der Waals surface area contributed by atoms with Gasteiger partial charge in [0.25, 0.3) is 15.2 Å². The quantitative estimate of drug-likeness (QED) is 0.347. The Bertz CT molecular complexity index is 1510. The fraction of sp³-hybridized carbons (Fsp3) is 0.0870. The zero-order valence-corrected chi connectivity index (χ0v) is 19.4. The van der Waals surface area contributed by atoms with Crippen LogP contribution in [0.5, 0.6) is 5.75 Å². The van der Waals surface area contributed by atoms with Crippen LogP contribution in [0, 0.1) is 11.3 Å². The molecular formula is C23H18N4O5S2. The van der Waals surface area contributed by atoms with Gasteiger partial charge in [0.2, 0.25) is 5.91 Å². The number of methoxy groups -OCH3 is 1. The SMILES string of the molecule is COc1ccccc1NS(=O)(=O)c1ccc2oc(SCC(=O)Nc3ccccc3C#N)nc2c1. The van der Waals surface area contributed by atoms with E-state index in [-0.39, 0.29) is 21.8 Å². The average molecular weight is 495 g/mol. The van der Waals surface area contributed by atoms with Crippen LogP contribution in [0.4, 0.5) is 11.4 Å². The summed E-state index contributed by atoms with van der Waals surface area (Å²) in [5.74, 6) is 0.0507.